The second kappa shape index (κ2) is 10.1. The summed E-state index contributed by atoms with van der Waals surface area (Å²) in [6.45, 7) is 17.0. The number of allylic oxidation sites excluding steroid dienone is 2. The lowest BCUT2D eigenvalue weighted by atomic mass is 9.44. The van der Waals surface area contributed by atoms with E-state index in [-0.39, 0.29) is 16.7 Å². The van der Waals surface area contributed by atoms with Crippen LogP contribution in [0.3, 0.4) is 0 Å². The number of nitrogens with zero attached hydrogens (tertiary/aromatic N) is 3. The largest absolute Gasteiger partial charge is 0.378 e. The summed E-state index contributed by atoms with van der Waals surface area (Å²) < 4.78 is 7.29. The molecule has 6 nitrogen and oxygen atoms in total. The van der Waals surface area contributed by atoms with Crippen LogP contribution in [0.15, 0.2) is 18.0 Å². The van der Waals surface area contributed by atoms with Crippen molar-refractivity contribution in [2.45, 2.75) is 105 Å². The number of fused-ring (bicyclic) bond motifs is 6. The lowest BCUT2D eigenvalue weighted by molar-refractivity contribution is -0.135. The molecule has 1 aromatic heterocycles. The molecule has 0 unspecified atom stereocenters. The molecule has 1 saturated heterocycles. The number of ether oxygens (including phenoxy) is 1. The van der Waals surface area contributed by atoms with Crippen LogP contribution in [-0.4, -0.2) is 52.6 Å². The first-order valence-corrected chi connectivity index (χ1v) is 16.2. The van der Waals surface area contributed by atoms with Gasteiger partial charge in [-0.3, -0.25) is 14.2 Å². The Kier molecular flexibility index (Phi) is 7.12. The fourth-order valence-electron chi connectivity index (χ4n) is 10.8. The van der Waals surface area contributed by atoms with Crippen molar-refractivity contribution >= 4 is 11.8 Å². The summed E-state index contributed by atoms with van der Waals surface area (Å²) in [5, 5.41) is 0. The van der Waals surface area contributed by atoms with Crippen LogP contribution in [0.25, 0.3) is 0 Å². The highest BCUT2D eigenvalue weighted by Crippen LogP contribution is 2.68. The molecule has 7 atom stereocenters. The Balaban J connectivity index is 1.21. The summed E-state index contributed by atoms with van der Waals surface area (Å²) in [7, 11) is 0. The Morgan fingerprint density at radius 2 is 1.82 bits per heavy atom. The van der Waals surface area contributed by atoms with E-state index in [1.54, 1.807) is 11.9 Å². The first-order valence-electron chi connectivity index (χ1n) is 16.2. The van der Waals surface area contributed by atoms with Gasteiger partial charge in [0.1, 0.15) is 6.33 Å². The van der Waals surface area contributed by atoms with Crippen LogP contribution in [0.1, 0.15) is 109 Å². The second-order valence-corrected chi connectivity index (χ2v) is 14.8. The first kappa shape index (κ1) is 28.2. The molecule has 6 rings (SSSR count). The van der Waals surface area contributed by atoms with E-state index < -0.39 is 0 Å². The highest BCUT2D eigenvalue weighted by molar-refractivity contribution is 5.80. The van der Waals surface area contributed by atoms with E-state index in [1.165, 1.54) is 32.1 Å². The SMILES string of the molecule is CCC(=O)n1cnc2c1C(C)(C)C1=CC[C@H]3[C@@H]4CC[C@H]([C@H](C)CCC(=O)N5CCOCC5)[C@@]4(C)CC[C@@H]3[C@@]1(C)C2. The summed E-state index contributed by atoms with van der Waals surface area (Å²) in [4.78, 5) is 32.5. The number of carbonyl (C=O) groups excluding carboxylic acids is 2. The van der Waals surface area contributed by atoms with E-state index in [9.17, 15) is 9.59 Å². The minimum Gasteiger partial charge on any atom is -0.378 e. The lowest BCUT2D eigenvalue weighted by Gasteiger charge is -2.60. The van der Waals surface area contributed by atoms with Crippen LogP contribution < -0.4 is 0 Å². The monoisotopic (exact) mass is 549 g/mol. The van der Waals surface area contributed by atoms with Gasteiger partial charge in [0.2, 0.25) is 11.8 Å². The van der Waals surface area contributed by atoms with Gasteiger partial charge < -0.3 is 9.64 Å². The molecule has 0 aromatic carbocycles. The van der Waals surface area contributed by atoms with Gasteiger partial charge in [0.25, 0.3) is 0 Å². The molecule has 5 aliphatic rings. The summed E-state index contributed by atoms with van der Waals surface area (Å²) in [6, 6.07) is 0. The molecule has 0 bridgehead atoms. The maximum Gasteiger partial charge on any atom is 0.231 e. The van der Waals surface area contributed by atoms with E-state index in [0.29, 0.717) is 55.1 Å². The standard InChI is InChI=1S/C34H51N3O3/c1-7-29(38)37-21-35-27-20-34(6)26-14-15-33(5)24(22(2)8-13-30(39)36-16-18-40-19-17-36)10-11-25(33)23(26)9-12-28(34)32(3,4)31(27)37/h12,21-26H,7-11,13-20H2,1-6H3/t22-,23+,24-,25+,26+,33-,34-/m1/s1. The number of aromatic nitrogens is 2. The van der Waals surface area contributed by atoms with Crippen LogP contribution in [0.5, 0.6) is 0 Å². The smallest absolute Gasteiger partial charge is 0.231 e. The third-order valence-corrected chi connectivity index (χ3v) is 12.6. The highest BCUT2D eigenvalue weighted by atomic mass is 16.5. The van der Waals surface area contributed by atoms with Crippen molar-refractivity contribution in [1.29, 1.82) is 0 Å². The van der Waals surface area contributed by atoms with Crippen molar-refractivity contribution in [1.82, 2.24) is 14.5 Å². The second-order valence-electron chi connectivity index (χ2n) is 14.8. The maximum atomic E-state index is 12.9. The van der Waals surface area contributed by atoms with Gasteiger partial charge in [-0.15, -0.1) is 0 Å². The predicted octanol–water partition coefficient (Wildman–Crippen LogP) is 6.44. The zero-order chi connectivity index (χ0) is 28.4. The van der Waals surface area contributed by atoms with Crippen molar-refractivity contribution in [2.75, 3.05) is 26.3 Å². The summed E-state index contributed by atoms with van der Waals surface area (Å²) in [6.07, 6.45) is 13.9. The van der Waals surface area contributed by atoms with Gasteiger partial charge in [-0.05, 0) is 78.9 Å². The van der Waals surface area contributed by atoms with Crippen molar-refractivity contribution in [2.24, 2.45) is 40.4 Å². The first-order chi connectivity index (χ1) is 19.0. The number of rotatable bonds is 5. The third kappa shape index (κ3) is 4.17. The molecular formula is C34H51N3O3. The maximum absolute atomic E-state index is 12.9. The zero-order valence-corrected chi connectivity index (χ0v) is 25.8. The van der Waals surface area contributed by atoms with Crippen LogP contribution >= 0.6 is 0 Å². The molecular weight excluding hydrogens is 498 g/mol. The molecule has 0 radical (unpaired) electrons. The Morgan fingerprint density at radius 1 is 1.07 bits per heavy atom. The number of morpholine rings is 1. The van der Waals surface area contributed by atoms with Gasteiger partial charge in [-0.2, -0.15) is 0 Å². The minimum atomic E-state index is -0.185. The van der Waals surface area contributed by atoms with Gasteiger partial charge >= 0.3 is 0 Å². The summed E-state index contributed by atoms with van der Waals surface area (Å²) in [5.41, 5.74) is 4.10. The topological polar surface area (TPSA) is 64.4 Å². The van der Waals surface area contributed by atoms with Gasteiger partial charge in [0.15, 0.2) is 0 Å². The fraction of sp³-hybridized carbons (Fsp3) is 0.794. The third-order valence-electron chi connectivity index (χ3n) is 12.6. The number of amides is 1. The molecule has 1 aromatic rings. The van der Waals surface area contributed by atoms with E-state index in [4.69, 9.17) is 9.72 Å². The van der Waals surface area contributed by atoms with E-state index >= 15 is 0 Å². The van der Waals surface area contributed by atoms with Crippen molar-refractivity contribution in [3.63, 3.8) is 0 Å². The molecule has 220 valence electrons. The van der Waals surface area contributed by atoms with E-state index in [2.05, 4.69) is 40.7 Å². The van der Waals surface area contributed by atoms with Crippen LogP contribution in [0.4, 0.5) is 0 Å². The normalized spacial score (nSPS) is 37.0. The fourth-order valence-corrected chi connectivity index (χ4v) is 10.8. The van der Waals surface area contributed by atoms with E-state index in [1.807, 2.05) is 16.4 Å². The Bertz CT molecular complexity index is 1190. The average Bonchev–Trinajstić information content (AvgIpc) is 3.52. The lowest BCUT2D eigenvalue weighted by Crippen LogP contribution is -2.54. The summed E-state index contributed by atoms with van der Waals surface area (Å²) >= 11 is 0. The minimum absolute atomic E-state index is 0.101. The molecule has 3 fully saturated rings. The van der Waals surface area contributed by atoms with Gasteiger partial charge in [0.05, 0.1) is 24.6 Å². The molecule has 2 heterocycles. The Labute approximate surface area is 241 Å². The Hall–Kier alpha value is -1.95. The molecule has 2 saturated carbocycles. The number of carbonyl (C=O) groups is 2. The van der Waals surface area contributed by atoms with Crippen molar-refractivity contribution in [3.05, 3.63) is 29.4 Å². The predicted molar refractivity (Wildman–Crippen MR) is 157 cm³/mol. The highest BCUT2D eigenvalue weighted by Gasteiger charge is 2.61. The van der Waals surface area contributed by atoms with Gasteiger partial charge in [-0.25, -0.2) is 4.98 Å². The molecule has 1 amide bonds. The van der Waals surface area contributed by atoms with Crippen molar-refractivity contribution in [3.8, 4) is 0 Å². The quantitative estimate of drug-likeness (QED) is 0.397. The zero-order valence-electron chi connectivity index (χ0n) is 25.8. The molecule has 6 heteroatoms. The number of hydrogen-bond acceptors (Lipinski definition) is 4. The van der Waals surface area contributed by atoms with Crippen LogP contribution in [-0.2, 0) is 21.4 Å². The number of hydrogen-bond donors (Lipinski definition) is 0. The van der Waals surface area contributed by atoms with Gasteiger partial charge in [0, 0.05) is 37.8 Å². The molecule has 40 heavy (non-hydrogen) atoms. The molecule has 4 aliphatic carbocycles. The average molecular weight is 550 g/mol. The van der Waals surface area contributed by atoms with Crippen LogP contribution in [0.2, 0.25) is 0 Å². The van der Waals surface area contributed by atoms with Crippen LogP contribution in [0, 0.1) is 40.4 Å². The van der Waals surface area contributed by atoms with Crippen molar-refractivity contribution < 1.29 is 14.3 Å². The molecule has 1 aliphatic heterocycles. The summed E-state index contributed by atoms with van der Waals surface area (Å²) in [5.74, 6) is 3.90. The molecule has 0 spiro atoms. The van der Waals surface area contributed by atoms with Gasteiger partial charge in [-0.1, -0.05) is 53.2 Å². The van der Waals surface area contributed by atoms with E-state index in [0.717, 1.165) is 49.2 Å². The molecule has 0 N–H and O–H groups in total. The number of imidazole rings is 1. The Morgan fingerprint density at radius 3 is 2.55 bits per heavy atom.